The van der Waals surface area contributed by atoms with Crippen LogP contribution in [-0.4, -0.2) is 23.7 Å². The van der Waals surface area contributed by atoms with Crippen molar-refractivity contribution in [3.8, 4) is 0 Å². The molecule has 0 aromatic heterocycles. The molecule has 1 unspecified atom stereocenters. The third-order valence-corrected chi connectivity index (χ3v) is 6.76. The lowest BCUT2D eigenvalue weighted by Crippen LogP contribution is -2.17. The zero-order chi connectivity index (χ0) is 25.8. The van der Waals surface area contributed by atoms with Crippen molar-refractivity contribution in [2.45, 2.75) is 162 Å². The predicted octanol–water partition coefficient (Wildman–Crippen LogP) is 9.80. The van der Waals surface area contributed by atoms with Crippen LogP contribution in [0, 0.1) is 5.92 Å². The van der Waals surface area contributed by atoms with Crippen LogP contribution in [0.3, 0.4) is 0 Å². The van der Waals surface area contributed by atoms with E-state index in [1.54, 1.807) is 6.08 Å². The maximum absolute atomic E-state index is 11.6. The maximum atomic E-state index is 11.6. The molecule has 0 aliphatic heterocycles. The molecule has 0 fully saturated rings. The van der Waals surface area contributed by atoms with Crippen molar-refractivity contribution in [3.63, 3.8) is 0 Å². The molecule has 0 saturated carbocycles. The Morgan fingerprint density at radius 3 is 1.40 bits per heavy atom. The van der Waals surface area contributed by atoms with E-state index in [0.717, 1.165) is 19.3 Å². The third kappa shape index (κ3) is 25.6. The van der Waals surface area contributed by atoms with E-state index in [2.05, 4.69) is 6.92 Å². The fourth-order valence-electron chi connectivity index (χ4n) is 4.47. The quantitative estimate of drug-likeness (QED) is 0.0701. The second-order valence-electron chi connectivity index (χ2n) is 10.3. The molecule has 1 atom stereocenters. The molecule has 0 spiro atoms. The van der Waals surface area contributed by atoms with E-state index < -0.39 is 17.9 Å². The second kappa shape index (κ2) is 27.3. The Bertz CT molecular complexity index is 500. The second-order valence-corrected chi connectivity index (χ2v) is 10.3. The molecule has 0 heterocycles. The van der Waals surface area contributed by atoms with Crippen molar-refractivity contribution in [1.29, 1.82) is 0 Å². The summed E-state index contributed by atoms with van der Waals surface area (Å²) in [6.07, 6.45) is 32.6. The Labute approximate surface area is 217 Å². The molecule has 4 heteroatoms. The monoisotopic (exact) mass is 494 g/mol. The number of rotatable bonds is 27. The van der Waals surface area contributed by atoms with Crippen LogP contribution in [0.2, 0.25) is 0 Å². The summed E-state index contributed by atoms with van der Waals surface area (Å²) < 4.78 is 4.99. The maximum Gasteiger partial charge on any atom is 0.310 e. The van der Waals surface area contributed by atoms with Crippen LogP contribution in [0.15, 0.2) is 12.2 Å². The number of carboxylic acid groups (broad SMARTS) is 1. The van der Waals surface area contributed by atoms with Gasteiger partial charge in [0, 0.05) is 0 Å². The van der Waals surface area contributed by atoms with Crippen LogP contribution in [0.25, 0.3) is 0 Å². The molecule has 206 valence electrons. The molecule has 35 heavy (non-hydrogen) atoms. The molecule has 0 saturated heterocycles. The number of hydrogen-bond acceptors (Lipinski definition) is 3. The van der Waals surface area contributed by atoms with Crippen molar-refractivity contribution in [1.82, 2.24) is 0 Å². The van der Waals surface area contributed by atoms with Crippen molar-refractivity contribution >= 4 is 11.9 Å². The van der Waals surface area contributed by atoms with Crippen LogP contribution in [0.4, 0.5) is 0 Å². The molecule has 0 bridgehead atoms. The Balaban J connectivity index is 3.39. The normalized spacial score (nSPS) is 12.3. The standard InChI is InChI=1S/C31H58O4/c1-3-5-6-7-8-9-10-11-12-13-14-15-16-17-18-19-20-21-22-23-24-25-26-29(31(33)34)28-30(32)35-27-4-2/h25-26,29H,3-24,27-28H2,1-2H3,(H,33,34)/b26-25+. The van der Waals surface area contributed by atoms with Crippen LogP contribution in [0.5, 0.6) is 0 Å². The highest BCUT2D eigenvalue weighted by molar-refractivity contribution is 5.80. The van der Waals surface area contributed by atoms with Gasteiger partial charge in [-0.2, -0.15) is 0 Å². The molecule has 0 rings (SSSR count). The summed E-state index contributed by atoms with van der Waals surface area (Å²) in [5.74, 6) is -2.16. The number of unbranched alkanes of at least 4 members (excludes halogenated alkanes) is 20. The number of carboxylic acids is 1. The van der Waals surface area contributed by atoms with E-state index in [1.165, 1.54) is 122 Å². The van der Waals surface area contributed by atoms with Crippen molar-refractivity contribution in [2.75, 3.05) is 6.61 Å². The summed E-state index contributed by atoms with van der Waals surface area (Å²) in [7, 11) is 0. The van der Waals surface area contributed by atoms with Gasteiger partial charge in [-0.05, 0) is 19.3 Å². The summed E-state index contributed by atoms with van der Waals surface area (Å²) >= 11 is 0. The number of ether oxygens (including phenoxy) is 1. The van der Waals surface area contributed by atoms with Crippen molar-refractivity contribution in [3.05, 3.63) is 12.2 Å². The van der Waals surface area contributed by atoms with Gasteiger partial charge in [-0.25, -0.2) is 0 Å². The topological polar surface area (TPSA) is 63.6 Å². The van der Waals surface area contributed by atoms with E-state index in [-0.39, 0.29) is 6.42 Å². The summed E-state index contributed by atoms with van der Waals surface area (Å²) in [5, 5.41) is 9.26. The number of carbonyl (C=O) groups is 2. The zero-order valence-electron chi connectivity index (χ0n) is 23.4. The minimum Gasteiger partial charge on any atom is -0.481 e. The molecule has 0 aromatic carbocycles. The average molecular weight is 495 g/mol. The summed E-state index contributed by atoms with van der Waals surface area (Å²) in [6.45, 7) is 4.56. The fraction of sp³-hybridized carbons (Fsp3) is 0.871. The summed E-state index contributed by atoms with van der Waals surface area (Å²) in [6, 6.07) is 0. The van der Waals surface area contributed by atoms with E-state index >= 15 is 0 Å². The summed E-state index contributed by atoms with van der Waals surface area (Å²) in [4.78, 5) is 22.9. The first-order chi connectivity index (χ1) is 17.1. The summed E-state index contributed by atoms with van der Waals surface area (Å²) in [5.41, 5.74) is 0. The third-order valence-electron chi connectivity index (χ3n) is 6.76. The van der Waals surface area contributed by atoms with Crippen molar-refractivity contribution in [2.24, 2.45) is 5.92 Å². The van der Waals surface area contributed by atoms with Gasteiger partial charge in [-0.15, -0.1) is 0 Å². The smallest absolute Gasteiger partial charge is 0.310 e. The van der Waals surface area contributed by atoms with Gasteiger partial charge in [0.2, 0.25) is 0 Å². The molecule has 0 aliphatic rings. The van der Waals surface area contributed by atoms with Gasteiger partial charge < -0.3 is 9.84 Å². The zero-order valence-corrected chi connectivity index (χ0v) is 23.4. The Hall–Kier alpha value is -1.32. The minimum absolute atomic E-state index is 0.0783. The van der Waals surface area contributed by atoms with Crippen LogP contribution in [0.1, 0.15) is 162 Å². The number of esters is 1. The van der Waals surface area contributed by atoms with Gasteiger partial charge in [0.15, 0.2) is 0 Å². The predicted molar refractivity (Wildman–Crippen MR) is 149 cm³/mol. The van der Waals surface area contributed by atoms with Crippen LogP contribution < -0.4 is 0 Å². The number of hydrogen-bond donors (Lipinski definition) is 1. The molecule has 0 aliphatic carbocycles. The molecular weight excluding hydrogens is 436 g/mol. The molecule has 0 amide bonds. The van der Waals surface area contributed by atoms with Gasteiger partial charge in [0.05, 0.1) is 18.9 Å². The van der Waals surface area contributed by atoms with E-state index in [1.807, 2.05) is 13.0 Å². The van der Waals surface area contributed by atoms with Gasteiger partial charge >= 0.3 is 11.9 Å². The van der Waals surface area contributed by atoms with Crippen LogP contribution in [-0.2, 0) is 14.3 Å². The van der Waals surface area contributed by atoms with E-state index in [9.17, 15) is 14.7 Å². The first-order valence-electron chi connectivity index (χ1n) is 15.2. The fourth-order valence-corrected chi connectivity index (χ4v) is 4.47. The lowest BCUT2D eigenvalue weighted by Gasteiger charge is -2.07. The highest BCUT2D eigenvalue weighted by Gasteiger charge is 2.18. The number of aliphatic carboxylic acids is 1. The molecule has 0 aromatic rings. The van der Waals surface area contributed by atoms with Gasteiger partial charge in [-0.3, -0.25) is 9.59 Å². The molecule has 0 radical (unpaired) electrons. The largest absolute Gasteiger partial charge is 0.481 e. The van der Waals surface area contributed by atoms with E-state index in [4.69, 9.17) is 4.74 Å². The highest BCUT2D eigenvalue weighted by Crippen LogP contribution is 2.15. The SMILES string of the molecule is CCCCCCCCCCCCCCCCCCCCCC/C=C/C(CC(=O)OCCC)C(=O)O. The Morgan fingerprint density at radius 1 is 0.629 bits per heavy atom. The lowest BCUT2D eigenvalue weighted by molar-refractivity contribution is -0.150. The minimum atomic E-state index is -0.960. The van der Waals surface area contributed by atoms with Gasteiger partial charge in [-0.1, -0.05) is 148 Å². The van der Waals surface area contributed by atoms with E-state index in [0.29, 0.717) is 6.61 Å². The molecule has 1 N–H and O–H groups in total. The molecular formula is C31H58O4. The van der Waals surface area contributed by atoms with Crippen LogP contribution >= 0.6 is 0 Å². The number of carbonyl (C=O) groups excluding carboxylic acids is 1. The average Bonchev–Trinajstić information content (AvgIpc) is 2.84. The van der Waals surface area contributed by atoms with Gasteiger partial charge in [0.25, 0.3) is 0 Å². The van der Waals surface area contributed by atoms with Gasteiger partial charge in [0.1, 0.15) is 0 Å². The highest BCUT2D eigenvalue weighted by atomic mass is 16.5. The Kier molecular flexibility index (Phi) is 26.2. The number of allylic oxidation sites excluding steroid dienone is 1. The first kappa shape index (κ1) is 33.7. The molecule has 4 nitrogen and oxygen atoms in total. The first-order valence-corrected chi connectivity index (χ1v) is 15.2. The lowest BCUT2D eigenvalue weighted by atomic mass is 10.0. The van der Waals surface area contributed by atoms with Crippen molar-refractivity contribution < 1.29 is 19.4 Å². The Morgan fingerprint density at radius 2 is 1.03 bits per heavy atom.